The number of ether oxygens (including phenoxy) is 1. The summed E-state index contributed by atoms with van der Waals surface area (Å²) in [4.78, 5) is 16.8. The number of thiazole rings is 1. The van der Waals surface area contributed by atoms with Crippen LogP contribution in [0.25, 0.3) is 10.6 Å². The van der Waals surface area contributed by atoms with E-state index in [4.69, 9.17) is 6.42 Å². The molecule has 1 aromatic heterocycles. The van der Waals surface area contributed by atoms with Crippen LogP contribution < -0.4 is 0 Å². The van der Waals surface area contributed by atoms with Crippen LogP contribution in [0.3, 0.4) is 0 Å². The summed E-state index contributed by atoms with van der Waals surface area (Å²) >= 11 is 1.51. The summed E-state index contributed by atoms with van der Waals surface area (Å²) in [6, 6.07) is 7.15. The molecule has 0 amide bonds. The fourth-order valence-electron chi connectivity index (χ4n) is 1.55. The van der Waals surface area contributed by atoms with E-state index in [0.717, 1.165) is 15.4 Å². The van der Waals surface area contributed by atoms with Gasteiger partial charge in [0.15, 0.2) is 0 Å². The van der Waals surface area contributed by atoms with Crippen LogP contribution in [0.2, 0.25) is 0 Å². The fraction of sp³-hybridized carbons (Fsp3) is 0.143. The third kappa shape index (κ3) is 2.27. The Kier molecular flexibility index (Phi) is 3.45. The van der Waals surface area contributed by atoms with Crippen LogP contribution in [0.5, 0.6) is 0 Å². The number of carbonyl (C=O) groups is 1. The quantitative estimate of drug-likeness (QED) is 0.613. The molecule has 0 fully saturated rings. The van der Waals surface area contributed by atoms with Gasteiger partial charge >= 0.3 is 5.97 Å². The van der Waals surface area contributed by atoms with Gasteiger partial charge in [0.2, 0.25) is 0 Å². The topological polar surface area (TPSA) is 39.2 Å². The van der Waals surface area contributed by atoms with Gasteiger partial charge < -0.3 is 4.74 Å². The number of carbonyl (C=O) groups excluding carboxylic acids is 1. The van der Waals surface area contributed by atoms with Crippen molar-refractivity contribution in [3.63, 3.8) is 0 Å². The summed E-state index contributed by atoms with van der Waals surface area (Å²) in [7, 11) is 1.36. The third-order valence-corrected chi connectivity index (χ3v) is 3.48. The van der Waals surface area contributed by atoms with Gasteiger partial charge in [0.1, 0.15) is 10.7 Å². The summed E-state index contributed by atoms with van der Waals surface area (Å²) in [5.41, 5.74) is 2.02. The molecular formula is C14H11NO2S. The smallest absolute Gasteiger partial charge is 0.337 e. The highest BCUT2D eigenvalue weighted by Gasteiger charge is 2.10. The standard InChI is InChI=1S/C14H11NO2S/c1-4-12-9(2)18-13(15-12)10-6-5-7-11(8-10)14(16)17-3/h1,5-8H,2-3H3. The van der Waals surface area contributed by atoms with E-state index in [1.54, 1.807) is 18.2 Å². The zero-order chi connectivity index (χ0) is 13.1. The van der Waals surface area contributed by atoms with Crippen LogP contribution in [0.15, 0.2) is 24.3 Å². The molecule has 3 nitrogen and oxygen atoms in total. The maximum atomic E-state index is 11.5. The van der Waals surface area contributed by atoms with E-state index in [9.17, 15) is 4.79 Å². The minimum Gasteiger partial charge on any atom is -0.465 e. The van der Waals surface area contributed by atoms with Gasteiger partial charge in [-0.2, -0.15) is 0 Å². The molecule has 0 spiro atoms. The second-order valence-corrected chi connectivity index (χ2v) is 4.84. The summed E-state index contributed by atoms with van der Waals surface area (Å²) in [6.45, 7) is 1.93. The number of esters is 1. The molecule has 2 rings (SSSR count). The van der Waals surface area contributed by atoms with Crippen LogP contribution in [0, 0.1) is 19.3 Å². The van der Waals surface area contributed by atoms with Crippen molar-refractivity contribution in [1.82, 2.24) is 4.98 Å². The van der Waals surface area contributed by atoms with Gasteiger partial charge in [-0.25, -0.2) is 9.78 Å². The number of hydrogen-bond acceptors (Lipinski definition) is 4. The van der Waals surface area contributed by atoms with Crippen molar-refractivity contribution in [2.75, 3.05) is 7.11 Å². The number of methoxy groups -OCH3 is 1. The maximum absolute atomic E-state index is 11.5. The van der Waals surface area contributed by atoms with Crippen molar-refractivity contribution in [1.29, 1.82) is 0 Å². The first-order chi connectivity index (χ1) is 8.65. The lowest BCUT2D eigenvalue weighted by atomic mass is 10.1. The average molecular weight is 257 g/mol. The lowest BCUT2D eigenvalue weighted by molar-refractivity contribution is 0.0601. The number of aromatic nitrogens is 1. The van der Waals surface area contributed by atoms with Gasteiger partial charge in [0.05, 0.1) is 12.7 Å². The molecule has 0 aliphatic carbocycles. The Hall–Kier alpha value is -2.12. The van der Waals surface area contributed by atoms with Crippen molar-refractivity contribution < 1.29 is 9.53 Å². The highest BCUT2D eigenvalue weighted by molar-refractivity contribution is 7.15. The van der Waals surface area contributed by atoms with Crippen molar-refractivity contribution >= 4 is 17.3 Å². The molecule has 1 heterocycles. The van der Waals surface area contributed by atoms with Gasteiger partial charge in [0.25, 0.3) is 0 Å². The van der Waals surface area contributed by atoms with Crippen LogP contribution in [-0.2, 0) is 4.74 Å². The molecule has 0 aliphatic heterocycles. The van der Waals surface area contributed by atoms with E-state index < -0.39 is 0 Å². The van der Waals surface area contributed by atoms with E-state index in [0.29, 0.717) is 11.3 Å². The Bertz CT molecular complexity index is 637. The number of terminal acetylenes is 1. The molecule has 0 unspecified atom stereocenters. The molecule has 0 saturated carbocycles. The zero-order valence-corrected chi connectivity index (χ0v) is 10.9. The molecule has 2 aromatic rings. The highest BCUT2D eigenvalue weighted by Crippen LogP contribution is 2.27. The predicted octanol–water partition coefficient (Wildman–Crippen LogP) is 2.89. The van der Waals surface area contributed by atoms with E-state index in [1.165, 1.54) is 18.4 Å². The van der Waals surface area contributed by atoms with Gasteiger partial charge in [0, 0.05) is 10.4 Å². The molecule has 0 radical (unpaired) electrons. The second kappa shape index (κ2) is 5.03. The first-order valence-electron chi connectivity index (χ1n) is 5.28. The van der Waals surface area contributed by atoms with Crippen LogP contribution in [0.4, 0.5) is 0 Å². The van der Waals surface area contributed by atoms with Crippen molar-refractivity contribution in [2.45, 2.75) is 6.92 Å². The first kappa shape index (κ1) is 12.3. The van der Waals surface area contributed by atoms with Crippen LogP contribution in [-0.4, -0.2) is 18.1 Å². The third-order valence-electron chi connectivity index (χ3n) is 2.46. The zero-order valence-electron chi connectivity index (χ0n) is 10.1. The Morgan fingerprint density at radius 2 is 2.28 bits per heavy atom. The summed E-state index contributed by atoms with van der Waals surface area (Å²) in [6.07, 6.45) is 5.36. The lowest BCUT2D eigenvalue weighted by Gasteiger charge is -2.01. The van der Waals surface area contributed by atoms with Gasteiger partial charge in [-0.1, -0.05) is 12.1 Å². The molecule has 4 heteroatoms. The Morgan fingerprint density at radius 3 is 2.89 bits per heavy atom. The van der Waals surface area contributed by atoms with Crippen molar-refractivity contribution in [3.05, 3.63) is 40.4 Å². The minimum atomic E-state index is -0.359. The molecule has 0 N–H and O–H groups in total. The molecular weight excluding hydrogens is 246 g/mol. The van der Waals surface area contributed by atoms with Gasteiger partial charge in [-0.3, -0.25) is 0 Å². The number of benzene rings is 1. The fourth-order valence-corrected chi connectivity index (χ4v) is 2.42. The SMILES string of the molecule is C#Cc1nc(-c2cccc(C(=O)OC)c2)sc1C. The first-order valence-corrected chi connectivity index (χ1v) is 6.10. The molecule has 0 aliphatic rings. The number of rotatable bonds is 2. The molecule has 0 saturated heterocycles. The molecule has 18 heavy (non-hydrogen) atoms. The number of aryl methyl sites for hydroxylation is 1. The second-order valence-electron chi connectivity index (χ2n) is 3.64. The van der Waals surface area contributed by atoms with E-state index in [2.05, 4.69) is 15.6 Å². The van der Waals surface area contributed by atoms with E-state index in [1.807, 2.05) is 13.0 Å². The van der Waals surface area contributed by atoms with E-state index >= 15 is 0 Å². The van der Waals surface area contributed by atoms with Crippen LogP contribution >= 0.6 is 11.3 Å². The van der Waals surface area contributed by atoms with Gasteiger partial charge in [-0.15, -0.1) is 17.8 Å². The van der Waals surface area contributed by atoms with E-state index in [-0.39, 0.29) is 5.97 Å². The highest BCUT2D eigenvalue weighted by atomic mass is 32.1. The normalized spacial score (nSPS) is 9.83. The monoisotopic (exact) mass is 257 g/mol. The summed E-state index contributed by atoms with van der Waals surface area (Å²) in [5, 5.41) is 0.811. The predicted molar refractivity (Wildman–Crippen MR) is 71.6 cm³/mol. The minimum absolute atomic E-state index is 0.359. The Morgan fingerprint density at radius 1 is 1.50 bits per heavy atom. The van der Waals surface area contributed by atoms with Crippen molar-refractivity contribution in [2.24, 2.45) is 0 Å². The average Bonchev–Trinajstić information content (AvgIpc) is 2.79. The van der Waals surface area contributed by atoms with Crippen molar-refractivity contribution in [3.8, 4) is 22.9 Å². The summed E-state index contributed by atoms with van der Waals surface area (Å²) < 4.78 is 4.69. The summed E-state index contributed by atoms with van der Waals surface area (Å²) in [5.74, 6) is 2.18. The number of nitrogens with zero attached hydrogens (tertiary/aromatic N) is 1. The lowest BCUT2D eigenvalue weighted by Crippen LogP contribution is -2.00. The maximum Gasteiger partial charge on any atom is 0.337 e. The Labute approximate surface area is 109 Å². The number of hydrogen-bond donors (Lipinski definition) is 0. The molecule has 0 bridgehead atoms. The molecule has 90 valence electrons. The Balaban J connectivity index is 2.45. The van der Waals surface area contributed by atoms with Gasteiger partial charge in [-0.05, 0) is 25.0 Å². The van der Waals surface area contributed by atoms with Crippen LogP contribution in [0.1, 0.15) is 20.9 Å². The largest absolute Gasteiger partial charge is 0.465 e. The molecule has 1 aromatic carbocycles. The molecule has 0 atom stereocenters.